The number of carboxylic acid groups (broad SMARTS) is 1. The van der Waals surface area contributed by atoms with Gasteiger partial charge in [-0.1, -0.05) is 0 Å². The zero-order valence-electron chi connectivity index (χ0n) is 23.1. The van der Waals surface area contributed by atoms with Gasteiger partial charge in [0, 0.05) is 12.2 Å². The highest BCUT2D eigenvalue weighted by Gasteiger charge is 2.51. The van der Waals surface area contributed by atoms with Crippen molar-refractivity contribution in [3.8, 4) is 0 Å². The molecule has 3 heterocycles. The molecule has 1 saturated heterocycles. The molecule has 9 N–H and O–H groups in total. The Balaban J connectivity index is 0.000000455. The van der Waals surface area contributed by atoms with Gasteiger partial charge in [0.25, 0.3) is 10.1 Å². The van der Waals surface area contributed by atoms with Gasteiger partial charge in [-0.2, -0.15) is 8.42 Å². The first-order valence-electron chi connectivity index (χ1n) is 12.8. The standard InChI is InChI=1S/C17H27N7O6S.C4H10O6S2/c1-31(3-2-8(18)16(29)20-4-10(25)26)5-9-12(27)13(28)17(30-9)24-7-23-11-14(19)21-6-22-15(11)24;5-11(6,7)3-1-2-4-12(8,9)10/h6-9,11-13,15,17,27-28H,2-5,18H2,1H3,(H3-,19,20,21,22,25,26,29);1-4H2,(H,5,6,7)(H,8,9,10)/t8-,9+,11?,12-,13?,15?,17+,31?;/m0./s1. The van der Waals surface area contributed by atoms with E-state index in [-0.39, 0.29) is 23.7 Å². The van der Waals surface area contributed by atoms with Crippen LogP contribution in [0, 0.1) is 0 Å². The summed E-state index contributed by atoms with van der Waals surface area (Å²) < 4.78 is 64.3. The fraction of sp³-hybridized carbons (Fsp3) is 0.762. The molecule has 43 heavy (non-hydrogen) atoms. The number of ether oxygens (including phenoxy) is 1. The van der Waals surface area contributed by atoms with E-state index in [1.54, 1.807) is 4.90 Å². The maximum atomic E-state index is 11.8. The van der Waals surface area contributed by atoms with Crippen molar-refractivity contribution in [2.24, 2.45) is 26.4 Å². The summed E-state index contributed by atoms with van der Waals surface area (Å²) in [5.74, 6) is -1.40. The van der Waals surface area contributed by atoms with Gasteiger partial charge in [0.2, 0.25) is 5.91 Å². The zero-order chi connectivity index (χ0) is 32.5. The Morgan fingerprint density at radius 3 is 2.44 bits per heavy atom. The van der Waals surface area contributed by atoms with Gasteiger partial charge in [-0.3, -0.25) is 19.1 Å². The average Bonchev–Trinajstić information content (AvgIpc) is 3.45. The average molecular weight is 676 g/mol. The number of hydrogen-bond donors (Lipinski definition) is 7. The van der Waals surface area contributed by atoms with Crippen LogP contribution in [-0.2, 0) is 45.5 Å². The number of aliphatic imine (C=N–C) groups is 3. The Kier molecular flexibility index (Phi) is 13.7. The van der Waals surface area contributed by atoms with Crippen LogP contribution in [0.5, 0.6) is 0 Å². The number of nitrogens with zero attached hydrogens (tertiary/aromatic N) is 4. The van der Waals surface area contributed by atoms with Crippen molar-refractivity contribution in [2.75, 3.05) is 35.8 Å². The summed E-state index contributed by atoms with van der Waals surface area (Å²) in [6.07, 6.45) is 0.890. The quantitative estimate of drug-likeness (QED) is 0.0516. The Labute approximate surface area is 251 Å². The van der Waals surface area contributed by atoms with Crippen LogP contribution in [0.2, 0.25) is 0 Å². The fourth-order valence-corrected chi connectivity index (χ4v) is 6.89. The predicted octanol–water partition coefficient (Wildman–Crippen LogP) is -4.76. The number of fused-ring (bicyclic) bond motifs is 1. The molecular formula is C21H37N7O12S3. The summed E-state index contributed by atoms with van der Waals surface area (Å²) in [6, 6.07) is -1.28. The van der Waals surface area contributed by atoms with Gasteiger partial charge in [0.1, 0.15) is 54.6 Å². The highest BCUT2D eigenvalue weighted by atomic mass is 32.2. The highest BCUT2D eigenvalue weighted by molar-refractivity contribution is 7.96. The van der Waals surface area contributed by atoms with E-state index in [9.17, 15) is 41.2 Å². The number of carboxylic acids is 1. The SMILES string of the molecule is C[S+](CC[C@H](N)C(=O)NCC(=O)O)C[C@H]1O[C@@H](N2C=NC3C(N)=NC=NC32)C(O)[C@H]1O.O=S(=O)([O-])CCCCS(=O)(=O)O. The summed E-state index contributed by atoms with van der Waals surface area (Å²) >= 11 is 0. The van der Waals surface area contributed by atoms with E-state index < -0.39 is 93.0 Å². The van der Waals surface area contributed by atoms with Crippen molar-refractivity contribution < 1.29 is 55.6 Å². The van der Waals surface area contributed by atoms with Crippen LogP contribution in [0.15, 0.2) is 15.0 Å². The minimum atomic E-state index is -4.27. The van der Waals surface area contributed by atoms with E-state index in [0.29, 0.717) is 23.8 Å². The summed E-state index contributed by atoms with van der Waals surface area (Å²) in [5, 5.41) is 31.9. The Morgan fingerprint density at radius 1 is 1.19 bits per heavy atom. The number of aliphatic carboxylic acids is 1. The molecule has 19 nitrogen and oxygen atoms in total. The van der Waals surface area contributed by atoms with Gasteiger partial charge in [0.05, 0.1) is 34.5 Å². The number of aliphatic hydroxyl groups is 2. The van der Waals surface area contributed by atoms with Crippen LogP contribution in [0.3, 0.4) is 0 Å². The largest absolute Gasteiger partial charge is 0.748 e. The van der Waals surface area contributed by atoms with E-state index in [0.717, 1.165) is 0 Å². The Hall–Kier alpha value is -2.44. The topological polar surface area (TPSA) is 320 Å². The number of rotatable bonds is 14. The number of nitrogens with two attached hydrogens (primary N) is 2. The maximum Gasteiger partial charge on any atom is 0.322 e. The van der Waals surface area contributed by atoms with E-state index in [4.69, 9.17) is 25.9 Å². The molecule has 0 aromatic heterocycles. The molecule has 3 rings (SSSR count). The molecule has 0 bridgehead atoms. The molecular weight excluding hydrogens is 638 g/mol. The number of hydrogen-bond acceptors (Lipinski definition) is 16. The molecule has 0 aliphatic carbocycles. The van der Waals surface area contributed by atoms with Crippen LogP contribution in [-0.4, -0.2) is 155 Å². The third-order valence-corrected chi connectivity index (χ3v) is 9.76. The molecule has 3 aliphatic heterocycles. The second-order valence-corrected chi connectivity index (χ2v) is 15.2. The first-order chi connectivity index (χ1) is 19.9. The number of unbranched alkanes of at least 4 members (excludes halogenated alkanes) is 1. The molecule has 22 heteroatoms. The monoisotopic (exact) mass is 675 g/mol. The van der Waals surface area contributed by atoms with E-state index in [1.807, 2.05) is 6.26 Å². The van der Waals surface area contributed by atoms with Crippen LogP contribution in [0.25, 0.3) is 0 Å². The van der Waals surface area contributed by atoms with Crippen molar-refractivity contribution in [3.05, 3.63) is 0 Å². The van der Waals surface area contributed by atoms with Crippen molar-refractivity contribution >= 4 is 61.5 Å². The third-order valence-electron chi connectivity index (χ3n) is 6.33. The first kappa shape index (κ1) is 36.8. The second kappa shape index (κ2) is 16.0. The number of nitrogens with one attached hydrogen (secondary N) is 1. The van der Waals surface area contributed by atoms with Gasteiger partial charge in [-0.15, -0.1) is 0 Å². The molecule has 0 aromatic carbocycles. The molecule has 0 saturated carbocycles. The number of aliphatic hydroxyl groups excluding tert-OH is 2. The molecule has 0 aromatic rings. The van der Waals surface area contributed by atoms with Gasteiger partial charge in [0.15, 0.2) is 12.4 Å². The lowest BCUT2D eigenvalue weighted by Crippen LogP contribution is -2.51. The molecule has 246 valence electrons. The lowest BCUT2D eigenvalue weighted by molar-refractivity contribution is -0.138. The smallest absolute Gasteiger partial charge is 0.322 e. The van der Waals surface area contributed by atoms with Gasteiger partial charge >= 0.3 is 5.97 Å². The van der Waals surface area contributed by atoms with Gasteiger partial charge in [-0.25, -0.2) is 18.4 Å². The van der Waals surface area contributed by atoms with Crippen LogP contribution < -0.4 is 16.8 Å². The molecule has 0 radical (unpaired) electrons. The summed E-state index contributed by atoms with van der Waals surface area (Å²) in [6.45, 7) is -0.477. The van der Waals surface area contributed by atoms with E-state index in [2.05, 4.69) is 20.3 Å². The van der Waals surface area contributed by atoms with Crippen LogP contribution in [0.1, 0.15) is 19.3 Å². The second-order valence-electron chi connectivity index (χ2n) is 9.85. The Morgan fingerprint density at radius 2 is 1.84 bits per heavy atom. The maximum absolute atomic E-state index is 11.8. The number of amides is 1. The molecule has 3 aliphatic rings. The number of carbonyl (C=O) groups excluding carboxylic acids is 1. The summed E-state index contributed by atoms with van der Waals surface area (Å²) in [5.41, 5.74) is 11.7. The fourth-order valence-electron chi connectivity index (χ4n) is 4.10. The normalized spacial score (nSPS) is 28.0. The molecule has 1 fully saturated rings. The highest BCUT2D eigenvalue weighted by Crippen LogP contribution is 2.30. The first-order valence-corrected chi connectivity index (χ1v) is 18.0. The van der Waals surface area contributed by atoms with Gasteiger partial charge < -0.3 is 46.3 Å². The lowest BCUT2D eigenvalue weighted by Gasteiger charge is -2.31. The minimum absolute atomic E-state index is 0.0275. The molecule has 8 atom stereocenters. The van der Waals surface area contributed by atoms with Crippen LogP contribution >= 0.6 is 0 Å². The Bertz CT molecular complexity index is 1250. The molecule has 0 spiro atoms. The predicted molar refractivity (Wildman–Crippen MR) is 155 cm³/mol. The minimum Gasteiger partial charge on any atom is -0.748 e. The number of amidine groups is 1. The van der Waals surface area contributed by atoms with Crippen molar-refractivity contribution in [2.45, 2.75) is 62.1 Å². The zero-order valence-corrected chi connectivity index (χ0v) is 25.5. The summed E-state index contributed by atoms with van der Waals surface area (Å²) in [4.78, 5) is 36.4. The van der Waals surface area contributed by atoms with Gasteiger partial charge in [-0.05, 0) is 23.7 Å². The van der Waals surface area contributed by atoms with Crippen molar-refractivity contribution in [1.29, 1.82) is 0 Å². The van der Waals surface area contributed by atoms with Crippen molar-refractivity contribution in [1.82, 2.24) is 10.2 Å². The van der Waals surface area contributed by atoms with Crippen molar-refractivity contribution in [3.63, 3.8) is 0 Å². The third kappa shape index (κ3) is 12.2. The lowest BCUT2D eigenvalue weighted by atomic mass is 10.1. The molecule has 4 unspecified atom stereocenters. The van der Waals surface area contributed by atoms with E-state index >= 15 is 0 Å². The molecule has 1 amide bonds. The van der Waals surface area contributed by atoms with E-state index in [1.165, 1.54) is 12.7 Å². The van der Waals surface area contributed by atoms with Crippen LogP contribution in [0.4, 0.5) is 0 Å². The summed E-state index contributed by atoms with van der Waals surface area (Å²) in [7, 11) is -8.58. The number of carbonyl (C=O) groups is 2.